The maximum absolute atomic E-state index is 11.8. The van der Waals surface area contributed by atoms with Crippen molar-refractivity contribution < 1.29 is 9.72 Å². The van der Waals surface area contributed by atoms with E-state index in [4.69, 9.17) is 0 Å². The Morgan fingerprint density at radius 1 is 1.59 bits per heavy atom. The second-order valence-electron chi connectivity index (χ2n) is 4.77. The Hall–Kier alpha value is -2.64. The molecular formula is C14H18N4O4. The summed E-state index contributed by atoms with van der Waals surface area (Å²) in [4.78, 5) is 36.9. The molecule has 1 heterocycles. The van der Waals surface area contributed by atoms with Gasteiger partial charge in [0.05, 0.1) is 12.1 Å². The van der Waals surface area contributed by atoms with Crippen LogP contribution in [0, 0.1) is 20.9 Å². The number of amides is 1. The number of hydrogen-bond donors (Lipinski definition) is 1. The highest BCUT2D eigenvalue weighted by Gasteiger charge is 2.23. The van der Waals surface area contributed by atoms with E-state index in [2.05, 4.69) is 15.5 Å². The summed E-state index contributed by atoms with van der Waals surface area (Å²) in [5.74, 6) is -0.809. The van der Waals surface area contributed by atoms with Crippen LogP contribution in [-0.2, 0) is 0 Å². The van der Waals surface area contributed by atoms with Gasteiger partial charge in [0.15, 0.2) is 0 Å². The Bertz CT molecular complexity index is 559. The second kappa shape index (κ2) is 8.60. The van der Waals surface area contributed by atoms with Crippen LogP contribution >= 0.6 is 0 Å². The number of nitroso groups, excluding NO2 is 1. The summed E-state index contributed by atoms with van der Waals surface area (Å²) in [6.07, 6.45) is 4.89. The molecule has 1 N–H and O–H groups in total. The van der Waals surface area contributed by atoms with E-state index in [1.165, 1.54) is 19.2 Å². The van der Waals surface area contributed by atoms with Crippen LogP contribution in [0.1, 0.15) is 30.6 Å². The zero-order valence-corrected chi connectivity index (χ0v) is 12.4. The fourth-order valence-electron chi connectivity index (χ4n) is 1.89. The summed E-state index contributed by atoms with van der Waals surface area (Å²) >= 11 is 0. The second-order valence-corrected chi connectivity index (χ2v) is 4.77. The van der Waals surface area contributed by atoms with Crippen molar-refractivity contribution in [3.63, 3.8) is 0 Å². The molecule has 2 unspecified atom stereocenters. The number of carbonyl (C=O) groups is 1. The molecule has 0 bridgehead atoms. The molecule has 1 aromatic heterocycles. The first-order valence-corrected chi connectivity index (χ1v) is 6.85. The Kier molecular flexibility index (Phi) is 6.81. The van der Waals surface area contributed by atoms with Gasteiger partial charge in [-0.1, -0.05) is 6.92 Å². The van der Waals surface area contributed by atoms with Gasteiger partial charge < -0.3 is 5.32 Å². The molecule has 8 nitrogen and oxygen atoms in total. The van der Waals surface area contributed by atoms with Crippen molar-refractivity contribution in [2.24, 2.45) is 11.1 Å². The van der Waals surface area contributed by atoms with Crippen LogP contribution in [0.4, 0.5) is 0 Å². The molecule has 1 aromatic rings. The van der Waals surface area contributed by atoms with Gasteiger partial charge in [-0.25, -0.2) is 0 Å². The van der Waals surface area contributed by atoms with Crippen LogP contribution in [0.3, 0.4) is 0 Å². The first kappa shape index (κ1) is 17.4. The minimum Gasteiger partial charge on any atom is -0.346 e. The van der Waals surface area contributed by atoms with Gasteiger partial charge in [0.25, 0.3) is 5.91 Å². The fraction of sp³-hybridized carbons (Fsp3) is 0.429. The predicted octanol–water partition coefficient (Wildman–Crippen LogP) is 2.15. The Balaban J connectivity index is 2.71. The standard InChI is InChI=1S/C14H18N4O4/c1-3-11(10(2)18(21)22)7-13(17-20)9-16-14(19)12-5-4-6-15-8-12/h4-8,10-11H,3,9H2,1-2H3,(H,16,19). The normalized spacial score (nSPS) is 14.0. The van der Waals surface area contributed by atoms with Crippen molar-refractivity contribution >= 4 is 5.91 Å². The molecule has 0 aliphatic heterocycles. The first-order valence-electron chi connectivity index (χ1n) is 6.85. The lowest BCUT2D eigenvalue weighted by atomic mass is 9.97. The summed E-state index contributed by atoms with van der Waals surface area (Å²) < 4.78 is 0. The van der Waals surface area contributed by atoms with Gasteiger partial charge in [-0.2, -0.15) is 0 Å². The fourth-order valence-corrected chi connectivity index (χ4v) is 1.89. The zero-order chi connectivity index (χ0) is 16.5. The van der Waals surface area contributed by atoms with Gasteiger partial charge in [-0.15, -0.1) is 4.91 Å². The van der Waals surface area contributed by atoms with E-state index in [1.807, 2.05) is 0 Å². The predicted molar refractivity (Wildman–Crippen MR) is 80.7 cm³/mol. The van der Waals surface area contributed by atoms with Crippen LogP contribution in [-0.4, -0.2) is 28.4 Å². The maximum atomic E-state index is 11.8. The third-order valence-corrected chi connectivity index (χ3v) is 3.30. The molecule has 0 aliphatic rings. The molecule has 1 rings (SSSR count). The lowest BCUT2D eigenvalue weighted by Crippen LogP contribution is -2.27. The van der Waals surface area contributed by atoms with Crippen LogP contribution in [0.15, 0.2) is 41.5 Å². The highest BCUT2D eigenvalue weighted by Crippen LogP contribution is 2.15. The molecule has 0 saturated carbocycles. The van der Waals surface area contributed by atoms with E-state index in [1.54, 1.807) is 25.3 Å². The highest BCUT2D eigenvalue weighted by molar-refractivity contribution is 5.93. The van der Waals surface area contributed by atoms with Gasteiger partial charge in [0, 0.05) is 30.2 Å². The average molecular weight is 306 g/mol. The topological polar surface area (TPSA) is 115 Å². The minimum atomic E-state index is -0.823. The summed E-state index contributed by atoms with van der Waals surface area (Å²) in [5.41, 5.74) is 0.427. The molecule has 0 fully saturated rings. The van der Waals surface area contributed by atoms with E-state index in [-0.39, 0.29) is 12.2 Å². The molecule has 0 aliphatic carbocycles. The summed E-state index contributed by atoms with van der Waals surface area (Å²) in [5, 5.41) is 16.2. The van der Waals surface area contributed by atoms with Crippen LogP contribution < -0.4 is 5.32 Å². The molecule has 2 atom stereocenters. The average Bonchev–Trinajstić information content (AvgIpc) is 2.55. The number of aromatic nitrogens is 1. The third-order valence-electron chi connectivity index (χ3n) is 3.30. The number of nitro groups is 1. The van der Waals surface area contributed by atoms with E-state index >= 15 is 0 Å². The summed E-state index contributed by atoms with van der Waals surface area (Å²) in [6, 6.07) is 2.38. The van der Waals surface area contributed by atoms with Crippen LogP contribution in [0.25, 0.3) is 0 Å². The van der Waals surface area contributed by atoms with Gasteiger partial charge in [-0.05, 0) is 29.8 Å². The molecule has 0 spiro atoms. The SMILES string of the molecule is CCC(C=C(CNC(=O)c1cccnc1)N=O)C(C)[N+](=O)[O-]. The quantitative estimate of drug-likeness (QED) is 0.449. The molecule has 118 valence electrons. The largest absolute Gasteiger partial charge is 0.346 e. The van der Waals surface area contributed by atoms with Gasteiger partial charge in [0.1, 0.15) is 5.70 Å². The van der Waals surface area contributed by atoms with Crippen molar-refractivity contribution in [2.75, 3.05) is 6.54 Å². The smallest absolute Gasteiger partial charge is 0.253 e. The molecule has 0 saturated heterocycles. The first-order chi connectivity index (χ1) is 10.5. The lowest BCUT2D eigenvalue weighted by molar-refractivity contribution is -0.525. The molecule has 8 heteroatoms. The monoisotopic (exact) mass is 306 g/mol. The summed E-state index contributed by atoms with van der Waals surface area (Å²) in [7, 11) is 0. The Morgan fingerprint density at radius 2 is 2.32 bits per heavy atom. The van der Waals surface area contributed by atoms with Crippen LogP contribution in [0.2, 0.25) is 0 Å². The molecule has 22 heavy (non-hydrogen) atoms. The van der Waals surface area contributed by atoms with Crippen LogP contribution in [0.5, 0.6) is 0 Å². The maximum Gasteiger partial charge on any atom is 0.253 e. The van der Waals surface area contributed by atoms with E-state index in [0.29, 0.717) is 12.0 Å². The number of nitrogens with one attached hydrogen (secondary N) is 1. The highest BCUT2D eigenvalue weighted by atomic mass is 16.6. The minimum absolute atomic E-state index is 0.0674. The van der Waals surface area contributed by atoms with Crippen molar-refractivity contribution in [1.82, 2.24) is 10.3 Å². The van der Waals surface area contributed by atoms with E-state index in [9.17, 15) is 19.8 Å². The van der Waals surface area contributed by atoms with Gasteiger partial charge in [0.2, 0.25) is 6.04 Å². The number of nitrogens with zero attached hydrogens (tertiary/aromatic N) is 3. The molecular weight excluding hydrogens is 288 g/mol. The number of pyridine rings is 1. The number of hydrogen-bond acceptors (Lipinski definition) is 6. The number of rotatable bonds is 8. The van der Waals surface area contributed by atoms with E-state index in [0.717, 1.165) is 0 Å². The van der Waals surface area contributed by atoms with E-state index < -0.39 is 22.8 Å². The molecule has 0 aromatic carbocycles. The van der Waals surface area contributed by atoms with Crippen molar-refractivity contribution in [1.29, 1.82) is 0 Å². The molecule has 0 radical (unpaired) electrons. The molecule has 1 amide bonds. The Labute approximate surface area is 127 Å². The van der Waals surface area contributed by atoms with Crippen molar-refractivity contribution in [2.45, 2.75) is 26.3 Å². The van der Waals surface area contributed by atoms with Crippen molar-refractivity contribution in [3.8, 4) is 0 Å². The zero-order valence-electron chi connectivity index (χ0n) is 12.4. The number of carbonyl (C=O) groups excluding carboxylic acids is 1. The van der Waals surface area contributed by atoms with Crippen molar-refractivity contribution in [3.05, 3.63) is 56.9 Å². The third kappa shape index (κ3) is 5.04. The van der Waals surface area contributed by atoms with Gasteiger partial charge in [-0.3, -0.25) is 19.9 Å². The summed E-state index contributed by atoms with van der Waals surface area (Å²) in [6.45, 7) is 3.18. The Morgan fingerprint density at radius 3 is 2.82 bits per heavy atom. The van der Waals surface area contributed by atoms with Gasteiger partial charge >= 0.3 is 0 Å². The lowest BCUT2D eigenvalue weighted by Gasteiger charge is -2.13.